The second kappa shape index (κ2) is 7.63. The standard InChI is InChI=1S/C22H21ClN2O/c1-14(2)26-20-9-3-15(4-10-20)11-21(23)18-7-5-17-13-19(22(24)25)8-6-16(17)12-18/h3-14H,1-2H3,(H3,24,25). The Morgan fingerprint density at radius 1 is 0.962 bits per heavy atom. The van der Waals surface area contributed by atoms with Gasteiger partial charge in [0.1, 0.15) is 11.6 Å². The first-order chi connectivity index (χ1) is 12.4. The first-order valence-corrected chi connectivity index (χ1v) is 8.82. The topological polar surface area (TPSA) is 59.1 Å². The van der Waals surface area contributed by atoms with E-state index in [-0.39, 0.29) is 11.9 Å². The predicted octanol–water partition coefficient (Wildman–Crippen LogP) is 5.65. The summed E-state index contributed by atoms with van der Waals surface area (Å²) in [6.45, 7) is 4.01. The Hall–Kier alpha value is -2.78. The Morgan fingerprint density at radius 2 is 1.54 bits per heavy atom. The SMILES string of the molecule is CC(C)Oc1ccc(C=C(Cl)c2ccc3cc(C(=N)N)ccc3c2)cc1. The molecule has 0 saturated carbocycles. The predicted molar refractivity (Wildman–Crippen MR) is 111 cm³/mol. The number of fused-ring (bicyclic) bond motifs is 1. The van der Waals surface area contributed by atoms with Crippen LogP contribution in [0.15, 0.2) is 60.7 Å². The zero-order valence-electron chi connectivity index (χ0n) is 14.8. The van der Waals surface area contributed by atoms with Gasteiger partial charge >= 0.3 is 0 Å². The highest BCUT2D eigenvalue weighted by Crippen LogP contribution is 2.27. The van der Waals surface area contributed by atoms with Gasteiger partial charge in [0.15, 0.2) is 0 Å². The van der Waals surface area contributed by atoms with Crippen molar-refractivity contribution in [3.05, 3.63) is 77.4 Å². The monoisotopic (exact) mass is 364 g/mol. The van der Waals surface area contributed by atoms with Crippen molar-refractivity contribution in [3.63, 3.8) is 0 Å². The second-order valence-corrected chi connectivity index (χ2v) is 6.83. The van der Waals surface area contributed by atoms with Crippen LogP contribution in [-0.2, 0) is 0 Å². The molecule has 0 aromatic heterocycles. The van der Waals surface area contributed by atoms with Crippen molar-refractivity contribution in [2.45, 2.75) is 20.0 Å². The Kier molecular flexibility index (Phi) is 5.29. The molecule has 0 aliphatic carbocycles. The van der Waals surface area contributed by atoms with E-state index in [1.807, 2.05) is 80.6 Å². The lowest BCUT2D eigenvalue weighted by molar-refractivity contribution is 0.242. The van der Waals surface area contributed by atoms with Gasteiger partial charge in [0.05, 0.1) is 6.10 Å². The summed E-state index contributed by atoms with van der Waals surface area (Å²) in [5.41, 5.74) is 8.22. The molecule has 0 saturated heterocycles. The van der Waals surface area contributed by atoms with Gasteiger partial charge in [-0.2, -0.15) is 0 Å². The van der Waals surface area contributed by atoms with Crippen LogP contribution in [0.5, 0.6) is 5.75 Å². The molecule has 3 aromatic carbocycles. The molecule has 3 rings (SSSR count). The second-order valence-electron chi connectivity index (χ2n) is 6.42. The Bertz CT molecular complexity index is 975. The maximum absolute atomic E-state index is 7.54. The molecule has 0 unspecified atom stereocenters. The molecule has 3 nitrogen and oxygen atoms in total. The average Bonchev–Trinajstić information content (AvgIpc) is 2.62. The van der Waals surface area contributed by atoms with Gasteiger partial charge in [0.2, 0.25) is 0 Å². The highest BCUT2D eigenvalue weighted by molar-refractivity contribution is 6.51. The number of nitrogens with two attached hydrogens (primary N) is 1. The van der Waals surface area contributed by atoms with Gasteiger partial charge < -0.3 is 10.5 Å². The van der Waals surface area contributed by atoms with Gasteiger partial charge in [0, 0.05) is 10.6 Å². The maximum Gasteiger partial charge on any atom is 0.122 e. The molecular formula is C22H21ClN2O. The molecule has 4 heteroatoms. The van der Waals surface area contributed by atoms with Crippen LogP contribution in [0.25, 0.3) is 21.9 Å². The minimum atomic E-state index is 0.0683. The molecule has 0 fully saturated rings. The number of halogens is 1. The molecular weight excluding hydrogens is 344 g/mol. The molecule has 3 N–H and O–H groups in total. The van der Waals surface area contributed by atoms with Crippen LogP contribution in [0, 0.1) is 5.41 Å². The van der Waals surface area contributed by atoms with Crippen LogP contribution >= 0.6 is 11.6 Å². The molecule has 0 heterocycles. The van der Waals surface area contributed by atoms with E-state index in [1.165, 1.54) is 0 Å². The quantitative estimate of drug-likeness (QED) is 0.349. The van der Waals surface area contributed by atoms with Crippen molar-refractivity contribution >= 4 is 39.3 Å². The van der Waals surface area contributed by atoms with Crippen LogP contribution in [0.1, 0.15) is 30.5 Å². The summed E-state index contributed by atoms with van der Waals surface area (Å²) in [5, 5.41) is 10.3. The summed E-state index contributed by atoms with van der Waals surface area (Å²) in [4.78, 5) is 0. The zero-order valence-corrected chi connectivity index (χ0v) is 15.5. The fourth-order valence-corrected chi connectivity index (χ4v) is 2.95. The van der Waals surface area contributed by atoms with E-state index < -0.39 is 0 Å². The number of benzene rings is 3. The molecule has 0 aliphatic rings. The van der Waals surface area contributed by atoms with Gasteiger partial charge in [-0.15, -0.1) is 0 Å². The number of hydrogen-bond donors (Lipinski definition) is 2. The maximum atomic E-state index is 7.54. The fourth-order valence-electron chi connectivity index (χ4n) is 2.71. The third-order valence-corrected chi connectivity index (χ3v) is 4.30. The van der Waals surface area contributed by atoms with Gasteiger partial charge in [0.25, 0.3) is 0 Å². The summed E-state index contributed by atoms with van der Waals surface area (Å²) >= 11 is 6.52. The average molecular weight is 365 g/mol. The minimum absolute atomic E-state index is 0.0683. The van der Waals surface area contributed by atoms with Crippen molar-refractivity contribution in [2.75, 3.05) is 0 Å². The van der Waals surface area contributed by atoms with E-state index in [0.717, 1.165) is 33.2 Å². The molecule has 0 bridgehead atoms. The third-order valence-electron chi connectivity index (χ3n) is 3.97. The van der Waals surface area contributed by atoms with Crippen LogP contribution in [0.2, 0.25) is 0 Å². The summed E-state index contributed by atoms with van der Waals surface area (Å²) in [5.74, 6) is 0.916. The summed E-state index contributed by atoms with van der Waals surface area (Å²) in [6, 6.07) is 19.6. The van der Waals surface area contributed by atoms with Crippen LogP contribution < -0.4 is 10.5 Å². The van der Waals surface area contributed by atoms with Gasteiger partial charge in [-0.1, -0.05) is 48.0 Å². The molecule has 0 spiro atoms. The van der Waals surface area contributed by atoms with Crippen LogP contribution in [-0.4, -0.2) is 11.9 Å². The van der Waals surface area contributed by atoms with Gasteiger partial charge in [-0.05, 0) is 66.1 Å². The third kappa shape index (κ3) is 4.24. The van der Waals surface area contributed by atoms with E-state index in [1.54, 1.807) is 0 Å². The number of nitrogens with one attached hydrogen (secondary N) is 1. The molecule has 0 atom stereocenters. The molecule has 26 heavy (non-hydrogen) atoms. The summed E-state index contributed by atoms with van der Waals surface area (Å²) in [6.07, 6.45) is 2.09. The highest BCUT2D eigenvalue weighted by Gasteiger charge is 2.04. The first kappa shape index (κ1) is 18.0. The molecule has 3 aromatic rings. The van der Waals surface area contributed by atoms with E-state index in [0.29, 0.717) is 5.03 Å². The van der Waals surface area contributed by atoms with E-state index in [9.17, 15) is 0 Å². The van der Waals surface area contributed by atoms with Gasteiger partial charge in [-0.3, -0.25) is 5.41 Å². The van der Waals surface area contributed by atoms with E-state index in [2.05, 4.69) is 0 Å². The van der Waals surface area contributed by atoms with E-state index in [4.69, 9.17) is 27.5 Å². The van der Waals surface area contributed by atoms with Crippen LogP contribution in [0.3, 0.4) is 0 Å². The summed E-state index contributed by atoms with van der Waals surface area (Å²) in [7, 11) is 0. The fraction of sp³-hybridized carbons (Fsp3) is 0.136. The Labute approximate surface area is 158 Å². The first-order valence-electron chi connectivity index (χ1n) is 8.45. The van der Waals surface area contributed by atoms with Crippen LogP contribution in [0.4, 0.5) is 0 Å². The normalized spacial score (nSPS) is 11.8. The number of ether oxygens (including phenoxy) is 1. The smallest absolute Gasteiger partial charge is 0.122 e. The van der Waals surface area contributed by atoms with Crippen molar-refractivity contribution in [3.8, 4) is 5.75 Å². The summed E-state index contributed by atoms with van der Waals surface area (Å²) < 4.78 is 5.66. The minimum Gasteiger partial charge on any atom is -0.491 e. The largest absolute Gasteiger partial charge is 0.491 e. The lowest BCUT2D eigenvalue weighted by Gasteiger charge is -2.09. The zero-order chi connectivity index (χ0) is 18.7. The Balaban J connectivity index is 1.86. The van der Waals surface area contributed by atoms with Gasteiger partial charge in [-0.25, -0.2) is 0 Å². The van der Waals surface area contributed by atoms with Crippen molar-refractivity contribution < 1.29 is 4.74 Å². The molecule has 0 amide bonds. The van der Waals surface area contributed by atoms with E-state index >= 15 is 0 Å². The molecule has 0 aliphatic heterocycles. The molecule has 0 radical (unpaired) electrons. The number of rotatable bonds is 5. The van der Waals surface area contributed by atoms with Crippen molar-refractivity contribution in [2.24, 2.45) is 5.73 Å². The van der Waals surface area contributed by atoms with Crippen molar-refractivity contribution in [1.82, 2.24) is 0 Å². The number of amidine groups is 1. The lowest BCUT2D eigenvalue weighted by Crippen LogP contribution is -2.10. The number of hydrogen-bond acceptors (Lipinski definition) is 2. The lowest BCUT2D eigenvalue weighted by atomic mass is 10.0. The van der Waals surface area contributed by atoms with Crippen molar-refractivity contribution in [1.29, 1.82) is 5.41 Å². The number of nitrogen functional groups attached to an aromatic ring is 1. The Morgan fingerprint density at radius 3 is 2.12 bits per heavy atom. The highest BCUT2D eigenvalue weighted by atomic mass is 35.5. The molecule has 132 valence electrons.